The van der Waals surface area contributed by atoms with Gasteiger partial charge in [0.2, 0.25) is 5.91 Å². The Morgan fingerprint density at radius 1 is 0.943 bits per heavy atom. The van der Waals surface area contributed by atoms with E-state index in [1.807, 2.05) is 0 Å². The molecule has 0 unspecified atom stereocenters. The number of anilines is 3. The molecule has 2 aliphatic rings. The molecular formula is C23H24F3N5O4. The fraction of sp³-hybridized carbons (Fsp3) is 0.391. The van der Waals surface area contributed by atoms with E-state index in [-0.39, 0.29) is 29.6 Å². The van der Waals surface area contributed by atoms with E-state index >= 15 is 0 Å². The van der Waals surface area contributed by atoms with Crippen LogP contribution >= 0.6 is 0 Å². The van der Waals surface area contributed by atoms with Crippen molar-refractivity contribution >= 4 is 34.7 Å². The molecule has 0 radical (unpaired) electrons. The molecule has 35 heavy (non-hydrogen) atoms. The summed E-state index contributed by atoms with van der Waals surface area (Å²) in [5, 5.41) is 19.7. The lowest BCUT2D eigenvalue weighted by Gasteiger charge is -2.32. The van der Waals surface area contributed by atoms with E-state index in [1.54, 1.807) is 29.2 Å². The summed E-state index contributed by atoms with van der Waals surface area (Å²) in [5.74, 6) is -0.555. The Morgan fingerprint density at radius 2 is 1.54 bits per heavy atom. The molecule has 3 N–H and O–H groups in total. The number of nitro benzene ring substituents is 1. The molecule has 0 aromatic heterocycles. The zero-order valence-electron chi connectivity index (χ0n) is 18.6. The first-order valence-corrected chi connectivity index (χ1v) is 11.2. The number of hydrogen-bond acceptors (Lipinski definition) is 5. The molecular weight excluding hydrogens is 467 g/mol. The van der Waals surface area contributed by atoms with E-state index in [2.05, 4.69) is 16.0 Å². The molecule has 0 atom stereocenters. The molecule has 1 saturated heterocycles. The molecule has 1 heterocycles. The topological polar surface area (TPSA) is 117 Å². The van der Waals surface area contributed by atoms with Gasteiger partial charge in [0, 0.05) is 42.5 Å². The van der Waals surface area contributed by atoms with Gasteiger partial charge in [-0.15, -0.1) is 0 Å². The Hall–Kier alpha value is -3.83. The molecule has 1 aliphatic carbocycles. The van der Waals surface area contributed by atoms with Gasteiger partial charge in [-0.3, -0.25) is 14.9 Å². The third kappa shape index (κ3) is 6.19. The third-order valence-corrected chi connectivity index (χ3v) is 6.03. The number of alkyl halides is 3. The standard InChI is InChI=1S/C23H24F3N5O4/c24-23(25,26)15-1-8-19(20(13-15)31(34)35)30-11-9-14(10-12-30)21(32)27-16-2-4-17(5-3-16)28-22(33)29-18-6-7-18/h1-5,8,13-14,18H,6-7,9-12H2,(H,27,32)(H2,28,29,33). The monoisotopic (exact) mass is 491 g/mol. The molecule has 2 aromatic rings. The number of rotatable bonds is 6. The van der Waals surface area contributed by atoms with Crippen molar-refractivity contribution in [1.29, 1.82) is 0 Å². The maximum Gasteiger partial charge on any atom is 0.416 e. The summed E-state index contributed by atoms with van der Waals surface area (Å²) in [6.45, 7) is 0.590. The lowest BCUT2D eigenvalue weighted by molar-refractivity contribution is -0.384. The Morgan fingerprint density at radius 3 is 2.09 bits per heavy atom. The predicted molar refractivity (Wildman–Crippen MR) is 123 cm³/mol. The lowest BCUT2D eigenvalue weighted by Crippen LogP contribution is -2.38. The van der Waals surface area contributed by atoms with Crippen LogP contribution in [-0.4, -0.2) is 36.0 Å². The van der Waals surface area contributed by atoms with Gasteiger partial charge in [0.25, 0.3) is 5.69 Å². The van der Waals surface area contributed by atoms with Crippen molar-refractivity contribution in [3.05, 3.63) is 58.1 Å². The van der Waals surface area contributed by atoms with Gasteiger partial charge >= 0.3 is 12.2 Å². The van der Waals surface area contributed by atoms with Crippen molar-refractivity contribution < 1.29 is 27.7 Å². The highest BCUT2D eigenvalue weighted by Gasteiger charge is 2.35. The van der Waals surface area contributed by atoms with Crippen LogP contribution in [0.5, 0.6) is 0 Å². The number of piperidine rings is 1. The zero-order chi connectivity index (χ0) is 25.2. The van der Waals surface area contributed by atoms with Crippen LogP contribution in [0, 0.1) is 16.0 Å². The molecule has 3 amide bonds. The zero-order valence-corrected chi connectivity index (χ0v) is 18.6. The Kier molecular flexibility index (Phi) is 6.81. The first-order valence-electron chi connectivity index (χ1n) is 11.2. The first kappa shape index (κ1) is 24.3. The number of nitrogens with one attached hydrogen (secondary N) is 3. The van der Waals surface area contributed by atoms with E-state index in [4.69, 9.17) is 0 Å². The smallest absolute Gasteiger partial charge is 0.366 e. The summed E-state index contributed by atoms with van der Waals surface area (Å²) in [7, 11) is 0. The molecule has 12 heteroatoms. The largest absolute Gasteiger partial charge is 0.416 e. The van der Waals surface area contributed by atoms with Gasteiger partial charge in [-0.1, -0.05) is 0 Å². The van der Waals surface area contributed by atoms with Crippen molar-refractivity contribution in [1.82, 2.24) is 5.32 Å². The molecule has 1 aliphatic heterocycles. The number of hydrogen-bond donors (Lipinski definition) is 3. The predicted octanol–water partition coefficient (Wildman–Crippen LogP) is 4.75. The van der Waals surface area contributed by atoms with E-state index < -0.39 is 22.4 Å². The second-order valence-electron chi connectivity index (χ2n) is 8.66. The molecule has 2 fully saturated rings. The number of carbonyl (C=O) groups excluding carboxylic acids is 2. The highest BCUT2D eigenvalue weighted by atomic mass is 19.4. The summed E-state index contributed by atoms with van der Waals surface area (Å²) in [5.41, 5.74) is -0.429. The van der Waals surface area contributed by atoms with E-state index in [9.17, 15) is 32.9 Å². The van der Waals surface area contributed by atoms with Crippen LogP contribution < -0.4 is 20.9 Å². The average molecular weight is 491 g/mol. The van der Waals surface area contributed by atoms with Gasteiger partial charge in [0.05, 0.1) is 10.5 Å². The van der Waals surface area contributed by atoms with E-state index in [1.165, 1.54) is 0 Å². The summed E-state index contributed by atoms with van der Waals surface area (Å²) < 4.78 is 38.8. The second kappa shape index (κ2) is 9.80. The van der Waals surface area contributed by atoms with E-state index in [0.717, 1.165) is 25.0 Å². The summed E-state index contributed by atoms with van der Waals surface area (Å²) >= 11 is 0. The number of urea groups is 1. The van der Waals surface area contributed by atoms with Crippen molar-refractivity contribution in [3.63, 3.8) is 0 Å². The first-order chi connectivity index (χ1) is 16.6. The highest BCUT2D eigenvalue weighted by Crippen LogP contribution is 2.37. The normalized spacial score (nSPS) is 16.5. The van der Waals surface area contributed by atoms with Crippen molar-refractivity contribution in [2.24, 2.45) is 5.92 Å². The number of nitrogens with zero attached hydrogens (tertiary/aromatic N) is 2. The fourth-order valence-electron chi connectivity index (χ4n) is 3.96. The van der Waals surface area contributed by atoms with Crippen LogP contribution in [0.3, 0.4) is 0 Å². The minimum absolute atomic E-state index is 0.107. The lowest BCUT2D eigenvalue weighted by atomic mass is 9.95. The van der Waals surface area contributed by atoms with Crippen molar-refractivity contribution in [3.8, 4) is 0 Å². The van der Waals surface area contributed by atoms with E-state index in [0.29, 0.717) is 43.4 Å². The van der Waals surface area contributed by atoms with Gasteiger partial charge in [0.1, 0.15) is 5.69 Å². The Labute approximate surface area is 198 Å². The Bertz CT molecular complexity index is 1110. The van der Waals surface area contributed by atoms with Crippen LogP contribution in [0.1, 0.15) is 31.2 Å². The molecule has 2 aromatic carbocycles. The van der Waals surface area contributed by atoms with Gasteiger partial charge < -0.3 is 20.9 Å². The molecule has 1 saturated carbocycles. The number of amides is 3. The van der Waals surface area contributed by atoms with Gasteiger partial charge in [0.15, 0.2) is 0 Å². The summed E-state index contributed by atoms with van der Waals surface area (Å²) in [6, 6.07) is 9.15. The number of carbonyl (C=O) groups is 2. The van der Waals surface area contributed by atoms with Crippen LogP contribution in [0.4, 0.5) is 40.7 Å². The van der Waals surface area contributed by atoms with Gasteiger partial charge in [-0.05, 0) is 62.1 Å². The SMILES string of the molecule is O=C(Nc1ccc(NC(=O)C2CCN(c3ccc(C(F)(F)F)cc3[N+](=O)[O-])CC2)cc1)NC1CC1. The fourth-order valence-corrected chi connectivity index (χ4v) is 3.96. The molecule has 0 bridgehead atoms. The van der Waals surface area contributed by atoms with Gasteiger partial charge in [-0.2, -0.15) is 13.2 Å². The number of halogens is 3. The third-order valence-electron chi connectivity index (χ3n) is 6.03. The van der Waals surface area contributed by atoms with Crippen LogP contribution in [0.25, 0.3) is 0 Å². The average Bonchev–Trinajstić information content (AvgIpc) is 3.63. The quantitative estimate of drug-likeness (QED) is 0.398. The maximum atomic E-state index is 12.9. The van der Waals surface area contributed by atoms with Gasteiger partial charge in [-0.25, -0.2) is 4.79 Å². The Balaban J connectivity index is 1.32. The summed E-state index contributed by atoms with van der Waals surface area (Å²) in [4.78, 5) is 36.7. The molecule has 186 valence electrons. The number of benzene rings is 2. The second-order valence-corrected chi connectivity index (χ2v) is 8.66. The summed E-state index contributed by atoms with van der Waals surface area (Å²) in [6.07, 6.45) is -1.92. The van der Waals surface area contributed by atoms with Crippen LogP contribution in [0.2, 0.25) is 0 Å². The van der Waals surface area contributed by atoms with Crippen LogP contribution in [-0.2, 0) is 11.0 Å². The highest BCUT2D eigenvalue weighted by molar-refractivity contribution is 5.94. The molecule has 4 rings (SSSR count). The minimum atomic E-state index is -4.67. The van der Waals surface area contributed by atoms with Crippen LogP contribution in [0.15, 0.2) is 42.5 Å². The molecule has 9 nitrogen and oxygen atoms in total. The number of nitro groups is 1. The molecule has 0 spiro atoms. The maximum absolute atomic E-state index is 12.9. The minimum Gasteiger partial charge on any atom is -0.366 e. The van der Waals surface area contributed by atoms with Crippen molar-refractivity contribution in [2.45, 2.75) is 37.9 Å². The van der Waals surface area contributed by atoms with Crippen molar-refractivity contribution in [2.75, 3.05) is 28.6 Å².